The van der Waals surface area contributed by atoms with Crippen LogP contribution in [0.15, 0.2) is 133 Å². The van der Waals surface area contributed by atoms with Crippen molar-refractivity contribution in [2.45, 2.75) is 157 Å². The van der Waals surface area contributed by atoms with E-state index in [4.69, 9.17) is 0 Å². The SMILES string of the molecule is CC(C)(C)c1cc(-c2ccc3c(c2)c2cc(-c4cc(C(C)(C)C)cc(C(C)(C)C)c4)cc4c5cc6c(cc5n3c24)c2cc(-c3cc(C(C)(C)C)cc(C(C)(C)C)c3)cc3c4c5ccccc5sc4n6c23)cc(C(C)(C)C)c1. The van der Waals surface area contributed by atoms with Crippen LogP contribution in [0.1, 0.15) is 158 Å². The molecule has 8 aromatic carbocycles. The summed E-state index contributed by atoms with van der Waals surface area (Å²) in [6.07, 6.45) is 0. The van der Waals surface area contributed by atoms with E-state index >= 15 is 0 Å². The van der Waals surface area contributed by atoms with Gasteiger partial charge in [0, 0.05) is 53.2 Å². The first kappa shape index (κ1) is 49.9. The van der Waals surface area contributed by atoms with E-state index in [1.54, 1.807) is 0 Å². The van der Waals surface area contributed by atoms with Crippen molar-refractivity contribution in [3.05, 3.63) is 167 Å². The molecule has 0 spiro atoms. The van der Waals surface area contributed by atoms with Crippen molar-refractivity contribution in [1.82, 2.24) is 8.80 Å². The Kier molecular flexibility index (Phi) is 10.3. The Hall–Kier alpha value is -6.68. The molecule has 5 heterocycles. The van der Waals surface area contributed by atoms with Gasteiger partial charge >= 0.3 is 0 Å². The summed E-state index contributed by atoms with van der Waals surface area (Å²) in [6.45, 7) is 42.3. The van der Waals surface area contributed by atoms with E-state index in [-0.39, 0.29) is 32.5 Å². The zero-order valence-corrected chi connectivity index (χ0v) is 49.8. The highest BCUT2D eigenvalue weighted by molar-refractivity contribution is 7.25. The van der Waals surface area contributed by atoms with Crippen LogP contribution in [-0.2, 0) is 32.5 Å². The number of thiophene rings is 1. The summed E-state index contributed by atoms with van der Waals surface area (Å²) in [6, 6.07) is 53.7. The maximum Gasteiger partial charge on any atom is 0.109 e. The molecule has 0 N–H and O–H groups in total. The molecule has 3 heteroatoms. The summed E-state index contributed by atoms with van der Waals surface area (Å²) in [7, 11) is 0. The van der Waals surface area contributed by atoms with Crippen LogP contribution < -0.4 is 0 Å². The van der Waals surface area contributed by atoms with E-state index < -0.39 is 0 Å². The summed E-state index contributed by atoms with van der Waals surface area (Å²) < 4.78 is 6.58. The molecule has 5 aromatic heterocycles. The number of aromatic nitrogens is 2. The molecular formula is C74H76N2S. The van der Waals surface area contributed by atoms with Crippen molar-refractivity contribution in [3.8, 4) is 33.4 Å². The van der Waals surface area contributed by atoms with E-state index in [0.717, 1.165) is 0 Å². The van der Waals surface area contributed by atoms with Crippen LogP contribution >= 0.6 is 11.3 Å². The van der Waals surface area contributed by atoms with Gasteiger partial charge in [-0.05, 0) is 154 Å². The van der Waals surface area contributed by atoms with Crippen LogP contribution in [0.25, 0.3) is 119 Å². The van der Waals surface area contributed by atoms with Crippen molar-refractivity contribution in [1.29, 1.82) is 0 Å². The second-order valence-electron chi connectivity index (χ2n) is 29.3. The van der Waals surface area contributed by atoms with Gasteiger partial charge in [-0.25, -0.2) is 0 Å². The van der Waals surface area contributed by atoms with Crippen LogP contribution in [0.3, 0.4) is 0 Å². The first-order valence-electron chi connectivity index (χ1n) is 28.2. The molecule has 0 amide bonds. The monoisotopic (exact) mass is 1020 g/mol. The summed E-state index contributed by atoms with van der Waals surface area (Å²) in [5.41, 5.74) is 22.3. The third kappa shape index (κ3) is 7.75. The van der Waals surface area contributed by atoms with Crippen LogP contribution in [0.4, 0.5) is 0 Å². The molecule has 77 heavy (non-hydrogen) atoms. The smallest absolute Gasteiger partial charge is 0.109 e. The largest absolute Gasteiger partial charge is 0.308 e. The lowest BCUT2D eigenvalue weighted by Gasteiger charge is -2.26. The molecule has 0 aliphatic rings. The second kappa shape index (κ2) is 16.0. The van der Waals surface area contributed by atoms with Crippen LogP contribution in [0.5, 0.6) is 0 Å². The number of fused-ring (bicyclic) bond motifs is 14. The average Bonchev–Trinajstić information content (AvgIpc) is 4.14. The maximum absolute atomic E-state index is 2.63. The fourth-order valence-corrected chi connectivity index (χ4v) is 13.8. The van der Waals surface area contributed by atoms with Gasteiger partial charge in [-0.15, -0.1) is 11.3 Å². The molecule has 0 atom stereocenters. The van der Waals surface area contributed by atoms with Crippen LogP contribution in [0.2, 0.25) is 0 Å². The molecular weight excluding hydrogens is 949 g/mol. The molecule has 0 radical (unpaired) electrons. The number of hydrogen-bond acceptors (Lipinski definition) is 1. The second-order valence-corrected chi connectivity index (χ2v) is 30.3. The predicted molar refractivity (Wildman–Crippen MR) is 340 cm³/mol. The quantitative estimate of drug-likeness (QED) is 0.167. The summed E-state index contributed by atoms with van der Waals surface area (Å²) in [5, 5.41) is 11.9. The number of rotatable bonds is 3. The van der Waals surface area contributed by atoms with Gasteiger partial charge < -0.3 is 4.40 Å². The van der Waals surface area contributed by atoms with Gasteiger partial charge in [0.1, 0.15) is 4.83 Å². The molecule has 388 valence electrons. The first-order valence-corrected chi connectivity index (χ1v) is 29.0. The van der Waals surface area contributed by atoms with Crippen molar-refractivity contribution in [3.63, 3.8) is 0 Å². The molecule has 0 aliphatic heterocycles. The Morgan fingerprint density at radius 2 is 0.610 bits per heavy atom. The minimum absolute atomic E-state index is 0.000811. The van der Waals surface area contributed by atoms with E-state index in [9.17, 15) is 0 Å². The van der Waals surface area contributed by atoms with Crippen molar-refractivity contribution >= 4 is 96.9 Å². The highest BCUT2D eigenvalue weighted by Gasteiger charge is 2.29. The Morgan fingerprint density at radius 1 is 0.273 bits per heavy atom. The van der Waals surface area contributed by atoms with Gasteiger partial charge in [0.15, 0.2) is 0 Å². The summed E-state index contributed by atoms with van der Waals surface area (Å²) >= 11 is 1.93. The highest BCUT2D eigenvalue weighted by Crippen LogP contribution is 2.51. The molecule has 0 fully saturated rings. The molecule has 0 unspecified atom stereocenters. The molecule has 0 aliphatic carbocycles. The van der Waals surface area contributed by atoms with Crippen molar-refractivity contribution in [2.24, 2.45) is 0 Å². The first-order chi connectivity index (χ1) is 35.9. The molecule has 0 saturated carbocycles. The fourth-order valence-electron chi connectivity index (χ4n) is 12.5. The lowest BCUT2D eigenvalue weighted by Crippen LogP contribution is -2.16. The van der Waals surface area contributed by atoms with Gasteiger partial charge in [-0.1, -0.05) is 203 Å². The normalized spacial score (nSPS) is 13.8. The minimum atomic E-state index is -0.0123. The maximum atomic E-state index is 2.63. The molecule has 2 nitrogen and oxygen atoms in total. The van der Waals surface area contributed by atoms with Gasteiger partial charge in [-0.3, -0.25) is 4.40 Å². The van der Waals surface area contributed by atoms with Crippen molar-refractivity contribution in [2.75, 3.05) is 0 Å². The topological polar surface area (TPSA) is 8.82 Å². The van der Waals surface area contributed by atoms with Gasteiger partial charge in [0.25, 0.3) is 0 Å². The van der Waals surface area contributed by atoms with E-state index in [0.29, 0.717) is 0 Å². The summed E-state index contributed by atoms with van der Waals surface area (Å²) in [5.74, 6) is 0. The van der Waals surface area contributed by atoms with Crippen molar-refractivity contribution < 1.29 is 0 Å². The minimum Gasteiger partial charge on any atom is -0.308 e. The molecule has 0 saturated heterocycles. The van der Waals surface area contributed by atoms with Gasteiger partial charge in [0.2, 0.25) is 0 Å². The number of nitrogens with zero attached hydrogens (tertiary/aromatic N) is 2. The van der Waals surface area contributed by atoms with Gasteiger partial charge in [0.05, 0.1) is 27.6 Å². The molecule has 0 bridgehead atoms. The Labute approximate surface area is 460 Å². The number of hydrogen-bond donors (Lipinski definition) is 0. The zero-order valence-electron chi connectivity index (χ0n) is 49.0. The van der Waals surface area contributed by atoms with E-state index in [1.165, 1.54) is 152 Å². The molecule has 13 rings (SSSR count). The average molecular weight is 1030 g/mol. The number of benzene rings is 8. The molecule has 13 aromatic rings. The fraction of sp³-hybridized carbons (Fsp3) is 0.324. The van der Waals surface area contributed by atoms with Gasteiger partial charge in [-0.2, -0.15) is 0 Å². The predicted octanol–water partition coefficient (Wildman–Crippen LogP) is 22.0. The van der Waals surface area contributed by atoms with Crippen LogP contribution in [0, 0.1) is 0 Å². The summed E-state index contributed by atoms with van der Waals surface area (Å²) in [4.78, 5) is 1.32. The Balaban J connectivity index is 1.17. The Morgan fingerprint density at radius 3 is 1.04 bits per heavy atom. The third-order valence-corrected chi connectivity index (χ3v) is 18.6. The lowest BCUT2D eigenvalue weighted by molar-refractivity contribution is 0.568. The highest BCUT2D eigenvalue weighted by atomic mass is 32.1. The zero-order chi connectivity index (χ0) is 54.6. The Bertz CT molecular complexity index is 4500. The van der Waals surface area contributed by atoms with E-state index in [1.807, 2.05) is 11.3 Å². The van der Waals surface area contributed by atoms with E-state index in [2.05, 4.69) is 267 Å². The lowest BCUT2D eigenvalue weighted by atomic mass is 9.78. The van der Waals surface area contributed by atoms with Crippen LogP contribution in [-0.4, -0.2) is 8.80 Å². The third-order valence-electron chi connectivity index (χ3n) is 17.4. The standard InChI is InChI=1S/C74H76N2S/c1-69(2,3)47-25-42(26-48(36-47)70(4,5)6)41-23-24-61-54(31-41)57-32-45(43-27-49(71(7,8)9)37-50(28-43)72(10,11)12)33-58-55-40-63-56(39-62(55)75(61)66(57)58)59-34-46(44-29-51(73(13,14)15)38-52(30-44)74(16,17)18)35-60-65-53-21-19-20-22-64(53)77-68(65)76(63)67(59)60/h19-40H,1-18H3.